The first kappa shape index (κ1) is 15.7. The lowest BCUT2D eigenvalue weighted by Crippen LogP contribution is -2.29. The molecule has 21 heavy (non-hydrogen) atoms. The van der Waals surface area contributed by atoms with Crippen molar-refractivity contribution in [3.8, 4) is 0 Å². The Kier molecular flexibility index (Phi) is 5.12. The topological polar surface area (TPSA) is 76.1 Å². The number of piperidine rings is 1. The van der Waals surface area contributed by atoms with E-state index in [1.165, 1.54) is 12.8 Å². The predicted molar refractivity (Wildman–Crippen MR) is 81.2 cm³/mol. The first-order chi connectivity index (χ1) is 9.92. The van der Waals surface area contributed by atoms with E-state index in [4.69, 9.17) is 4.74 Å². The van der Waals surface area contributed by atoms with Crippen molar-refractivity contribution >= 4 is 12.0 Å². The summed E-state index contributed by atoms with van der Waals surface area (Å²) in [6.45, 7) is 7.62. The minimum Gasteiger partial charge on any atom is -0.444 e. The molecule has 0 atom stereocenters. The molecule has 0 saturated carbocycles. The highest BCUT2D eigenvalue weighted by Crippen LogP contribution is 2.17. The average Bonchev–Trinajstić information content (AvgIpc) is 2.40. The van der Waals surface area contributed by atoms with Gasteiger partial charge in [0.25, 0.3) is 0 Å². The smallest absolute Gasteiger partial charge is 0.414 e. The van der Waals surface area contributed by atoms with Crippen molar-refractivity contribution in [2.45, 2.75) is 45.6 Å². The normalized spacial score (nSPS) is 16.5. The quantitative estimate of drug-likeness (QED) is 0.894. The molecule has 0 bridgehead atoms. The number of anilines is 1. The van der Waals surface area contributed by atoms with Gasteiger partial charge in [0.2, 0.25) is 5.95 Å². The SMILES string of the molecule is CC(C)(C)OC(=O)Nc1ncc(CC2CCNCC2)cn1. The monoisotopic (exact) mass is 292 g/mol. The van der Waals surface area contributed by atoms with Crippen LogP contribution in [0.1, 0.15) is 39.2 Å². The van der Waals surface area contributed by atoms with Crippen molar-refractivity contribution in [2.75, 3.05) is 18.4 Å². The molecule has 0 unspecified atom stereocenters. The van der Waals surface area contributed by atoms with Gasteiger partial charge in [0.05, 0.1) is 0 Å². The summed E-state index contributed by atoms with van der Waals surface area (Å²) < 4.78 is 5.16. The molecule has 1 aromatic heterocycles. The van der Waals surface area contributed by atoms with Crippen LogP contribution in [0.25, 0.3) is 0 Å². The van der Waals surface area contributed by atoms with Gasteiger partial charge in [-0.15, -0.1) is 0 Å². The van der Waals surface area contributed by atoms with E-state index in [1.807, 2.05) is 20.8 Å². The lowest BCUT2D eigenvalue weighted by molar-refractivity contribution is 0.0634. The van der Waals surface area contributed by atoms with Crippen molar-refractivity contribution in [1.29, 1.82) is 0 Å². The molecule has 1 fully saturated rings. The second-order valence-electron chi connectivity index (χ2n) is 6.44. The minimum atomic E-state index is -0.534. The number of ether oxygens (including phenoxy) is 1. The van der Waals surface area contributed by atoms with Gasteiger partial charge in [-0.3, -0.25) is 5.32 Å². The van der Waals surface area contributed by atoms with Crippen LogP contribution in [0.15, 0.2) is 12.4 Å². The second kappa shape index (κ2) is 6.85. The van der Waals surface area contributed by atoms with Gasteiger partial charge in [0.1, 0.15) is 5.60 Å². The lowest BCUT2D eigenvalue weighted by Gasteiger charge is -2.22. The van der Waals surface area contributed by atoms with E-state index in [0.29, 0.717) is 5.92 Å². The third-order valence-corrected chi connectivity index (χ3v) is 3.30. The van der Waals surface area contributed by atoms with Crippen LogP contribution in [0.4, 0.5) is 10.7 Å². The molecule has 0 aromatic carbocycles. The Labute approximate surface area is 125 Å². The molecule has 1 saturated heterocycles. The fourth-order valence-corrected chi connectivity index (χ4v) is 2.34. The number of nitrogens with zero attached hydrogens (tertiary/aromatic N) is 2. The minimum absolute atomic E-state index is 0.276. The number of hydrogen-bond donors (Lipinski definition) is 2. The summed E-state index contributed by atoms with van der Waals surface area (Å²) in [5, 5.41) is 5.89. The zero-order valence-corrected chi connectivity index (χ0v) is 13.0. The highest BCUT2D eigenvalue weighted by Gasteiger charge is 2.17. The molecule has 1 aliphatic rings. The lowest BCUT2D eigenvalue weighted by atomic mass is 9.92. The largest absolute Gasteiger partial charge is 0.444 e. The first-order valence-corrected chi connectivity index (χ1v) is 7.44. The molecule has 2 rings (SSSR count). The van der Waals surface area contributed by atoms with Gasteiger partial charge in [0.15, 0.2) is 0 Å². The summed E-state index contributed by atoms with van der Waals surface area (Å²) in [6, 6.07) is 0. The van der Waals surface area contributed by atoms with Gasteiger partial charge in [-0.1, -0.05) is 0 Å². The molecule has 1 aliphatic heterocycles. The summed E-state index contributed by atoms with van der Waals surface area (Å²) in [5.41, 5.74) is 0.579. The Bertz CT molecular complexity index is 462. The zero-order valence-electron chi connectivity index (χ0n) is 13.0. The fraction of sp³-hybridized carbons (Fsp3) is 0.667. The van der Waals surface area contributed by atoms with E-state index in [1.54, 1.807) is 12.4 Å². The summed E-state index contributed by atoms with van der Waals surface area (Å²) in [4.78, 5) is 20.0. The molecular weight excluding hydrogens is 268 g/mol. The summed E-state index contributed by atoms with van der Waals surface area (Å²) >= 11 is 0. The molecule has 116 valence electrons. The molecule has 0 radical (unpaired) electrons. The van der Waals surface area contributed by atoms with Gasteiger partial charge in [-0.2, -0.15) is 0 Å². The van der Waals surface area contributed by atoms with E-state index >= 15 is 0 Å². The van der Waals surface area contributed by atoms with E-state index in [0.717, 1.165) is 25.1 Å². The van der Waals surface area contributed by atoms with Crippen LogP contribution in [0.2, 0.25) is 0 Å². The molecule has 2 heterocycles. The van der Waals surface area contributed by atoms with Gasteiger partial charge in [-0.25, -0.2) is 14.8 Å². The Morgan fingerprint density at radius 1 is 1.33 bits per heavy atom. The maximum Gasteiger partial charge on any atom is 0.414 e. The first-order valence-electron chi connectivity index (χ1n) is 7.44. The van der Waals surface area contributed by atoms with Gasteiger partial charge in [0, 0.05) is 12.4 Å². The van der Waals surface area contributed by atoms with Crippen molar-refractivity contribution in [3.05, 3.63) is 18.0 Å². The van der Waals surface area contributed by atoms with Gasteiger partial charge >= 0.3 is 6.09 Å². The Morgan fingerprint density at radius 3 is 2.52 bits per heavy atom. The van der Waals surface area contributed by atoms with Crippen molar-refractivity contribution in [1.82, 2.24) is 15.3 Å². The number of amides is 1. The highest BCUT2D eigenvalue weighted by atomic mass is 16.6. The molecule has 6 heteroatoms. The van der Waals surface area contributed by atoms with E-state index in [9.17, 15) is 4.79 Å². The third kappa shape index (κ3) is 5.67. The Morgan fingerprint density at radius 2 is 1.95 bits per heavy atom. The molecule has 0 aliphatic carbocycles. The molecule has 6 nitrogen and oxygen atoms in total. The van der Waals surface area contributed by atoms with Crippen LogP contribution in [-0.4, -0.2) is 34.8 Å². The average molecular weight is 292 g/mol. The van der Waals surface area contributed by atoms with Crippen LogP contribution < -0.4 is 10.6 Å². The molecule has 2 N–H and O–H groups in total. The van der Waals surface area contributed by atoms with Crippen LogP contribution in [-0.2, 0) is 11.2 Å². The van der Waals surface area contributed by atoms with E-state index < -0.39 is 11.7 Å². The zero-order chi connectivity index (χ0) is 15.3. The predicted octanol–water partition coefficient (Wildman–Crippen LogP) is 2.37. The number of carbonyl (C=O) groups excluding carboxylic acids is 1. The number of carbonyl (C=O) groups is 1. The van der Waals surface area contributed by atoms with Crippen LogP contribution in [0.3, 0.4) is 0 Å². The van der Waals surface area contributed by atoms with Crippen molar-refractivity contribution < 1.29 is 9.53 Å². The van der Waals surface area contributed by atoms with E-state index in [2.05, 4.69) is 20.6 Å². The summed E-state index contributed by atoms with van der Waals surface area (Å²) in [5.74, 6) is 0.970. The van der Waals surface area contributed by atoms with Crippen molar-refractivity contribution in [2.24, 2.45) is 5.92 Å². The van der Waals surface area contributed by atoms with E-state index in [-0.39, 0.29) is 5.95 Å². The number of nitrogens with one attached hydrogen (secondary N) is 2. The van der Waals surface area contributed by atoms with Crippen LogP contribution >= 0.6 is 0 Å². The van der Waals surface area contributed by atoms with Crippen molar-refractivity contribution in [3.63, 3.8) is 0 Å². The number of hydrogen-bond acceptors (Lipinski definition) is 5. The van der Waals surface area contributed by atoms with Gasteiger partial charge in [-0.05, 0) is 64.6 Å². The standard InChI is InChI=1S/C15H24N4O2/c1-15(2,3)21-14(20)19-13-17-9-12(10-18-13)8-11-4-6-16-7-5-11/h9-11,16H,4-8H2,1-3H3,(H,17,18,19,20). The Balaban J connectivity index is 1.85. The summed E-state index contributed by atoms with van der Waals surface area (Å²) in [6.07, 6.45) is 6.40. The fourth-order valence-electron chi connectivity index (χ4n) is 2.34. The molecule has 1 aromatic rings. The van der Waals surface area contributed by atoms with Crippen LogP contribution in [0.5, 0.6) is 0 Å². The molecule has 0 spiro atoms. The molecule has 1 amide bonds. The second-order valence-corrected chi connectivity index (χ2v) is 6.44. The Hall–Kier alpha value is -1.69. The number of aromatic nitrogens is 2. The highest BCUT2D eigenvalue weighted by molar-refractivity contribution is 5.82. The maximum absolute atomic E-state index is 11.6. The third-order valence-electron chi connectivity index (χ3n) is 3.30. The van der Waals surface area contributed by atoms with Gasteiger partial charge < -0.3 is 10.1 Å². The van der Waals surface area contributed by atoms with Crippen LogP contribution in [0, 0.1) is 5.92 Å². The number of rotatable bonds is 3. The molecular formula is C15H24N4O2. The summed E-state index contributed by atoms with van der Waals surface area (Å²) in [7, 11) is 0. The maximum atomic E-state index is 11.6.